The maximum absolute atomic E-state index is 13.2. The fourth-order valence-corrected chi connectivity index (χ4v) is 5.81. The molecule has 0 spiro atoms. The van der Waals surface area contributed by atoms with Gasteiger partial charge in [-0.15, -0.1) is 0 Å². The van der Waals surface area contributed by atoms with Gasteiger partial charge in [-0.05, 0) is 76.1 Å². The minimum Gasteiger partial charge on any atom is -0.349 e. The van der Waals surface area contributed by atoms with Crippen LogP contribution in [0.3, 0.4) is 0 Å². The summed E-state index contributed by atoms with van der Waals surface area (Å²) in [5, 5.41) is 13.2. The van der Waals surface area contributed by atoms with E-state index in [2.05, 4.69) is 20.4 Å². The molecule has 1 amide bonds. The summed E-state index contributed by atoms with van der Waals surface area (Å²) in [6.45, 7) is 4.80. The van der Waals surface area contributed by atoms with Gasteiger partial charge in [0, 0.05) is 56.3 Å². The summed E-state index contributed by atoms with van der Waals surface area (Å²) >= 11 is 0. The van der Waals surface area contributed by atoms with E-state index in [1.165, 1.54) is 6.42 Å². The van der Waals surface area contributed by atoms with Gasteiger partial charge in [-0.1, -0.05) is 6.07 Å². The Hall–Kier alpha value is -2.81. The number of fused-ring (bicyclic) bond motifs is 2. The van der Waals surface area contributed by atoms with Crippen molar-refractivity contribution in [2.75, 3.05) is 19.6 Å². The maximum Gasteiger partial charge on any atom is 0.252 e. The van der Waals surface area contributed by atoms with Crippen molar-refractivity contribution in [3.05, 3.63) is 47.4 Å². The van der Waals surface area contributed by atoms with Crippen molar-refractivity contribution in [1.29, 1.82) is 0 Å². The minimum absolute atomic E-state index is 0.00399. The number of aromatic nitrogens is 4. The lowest BCUT2D eigenvalue weighted by molar-refractivity contribution is 0.0130. The highest BCUT2D eigenvalue weighted by atomic mass is 19.3. The number of alkyl halides is 2. The second kappa shape index (κ2) is 10.9. The van der Waals surface area contributed by atoms with Crippen LogP contribution in [0.2, 0.25) is 0 Å². The first-order valence-corrected chi connectivity index (χ1v) is 13.6. The van der Waals surface area contributed by atoms with Gasteiger partial charge in [0.1, 0.15) is 0 Å². The van der Waals surface area contributed by atoms with E-state index < -0.39 is 5.92 Å². The van der Waals surface area contributed by atoms with Gasteiger partial charge in [0.2, 0.25) is 5.92 Å². The van der Waals surface area contributed by atoms with Crippen LogP contribution in [0.15, 0.2) is 30.5 Å². The topological polar surface area (TPSA) is 68.0 Å². The average Bonchev–Trinajstić information content (AvgIpc) is 3.39. The number of hydrogen-bond donors (Lipinski definition) is 1. The molecular weight excluding hydrogens is 474 g/mol. The van der Waals surface area contributed by atoms with Crippen LogP contribution in [0.5, 0.6) is 0 Å². The molecule has 1 fully saturated rings. The van der Waals surface area contributed by atoms with Crippen molar-refractivity contribution in [3.8, 4) is 0 Å². The molecule has 0 atom stereocenters. The van der Waals surface area contributed by atoms with Gasteiger partial charge < -0.3 is 10.2 Å². The van der Waals surface area contributed by atoms with E-state index in [-0.39, 0.29) is 18.4 Å². The molecule has 7 nitrogen and oxygen atoms in total. The molecule has 1 aliphatic carbocycles. The predicted octanol–water partition coefficient (Wildman–Crippen LogP) is 4.59. The van der Waals surface area contributed by atoms with Crippen LogP contribution < -0.4 is 5.32 Å². The van der Waals surface area contributed by atoms with Gasteiger partial charge in [-0.3, -0.25) is 14.2 Å². The Bertz CT molecular complexity index is 1200. The molecule has 200 valence electrons. The fourth-order valence-electron chi connectivity index (χ4n) is 5.81. The number of rotatable bonds is 8. The third-order valence-corrected chi connectivity index (χ3v) is 7.99. The largest absolute Gasteiger partial charge is 0.349 e. The number of aryl methyl sites for hydroxylation is 2. The molecule has 2 aliphatic rings. The molecule has 0 unspecified atom stereocenters. The molecule has 3 aromatic rings. The zero-order valence-corrected chi connectivity index (χ0v) is 21.9. The summed E-state index contributed by atoms with van der Waals surface area (Å²) in [5.74, 6) is -1.95. The van der Waals surface area contributed by atoms with Crippen molar-refractivity contribution < 1.29 is 13.6 Å². The molecule has 3 heterocycles. The van der Waals surface area contributed by atoms with E-state index in [1.807, 2.05) is 42.2 Å². The average molecular weight is 513 g/mol. The predicted molar refractivity (Wildman–Crippen MR) is 140 cm³/mol. The molecule has 0 bridgehead atoms. The zero-order valence-electron chi connectivity index (χ0n) is 21.9. The lowest BCUT2D eigenvalue weighted by Crippen LogP contribution is -2.38. The fraction of sp³-hybridized carbons (Fsp3) is 0.607. The highest BCUT2D eigenvalue weighted by Gasteiger charge is 2.25. The van der Waals surface area contributed by atoms with E-state index >= 15 is 0 Å². The highest BCUT2D eigenvalue weighted by molar-refractivity contribution is 6.06. The first kappa shape index (κ1) is 25.8. The summed E-state index contributed by atoms with van der Waals surface area (Å²) in [6, 6.07) is 7.95. The number of carbonyl (C=O) groups is 1. The van der Waals surface area contributed by atoms with Crippen LogP contribution in [0.25, 0.3) is 10.9 Å². The number of nitrogens with one attached hydrogen (secondary N) is 1. The Morgan fingerprint density at radius 3 is 2.73 bits per heavy atom. The molecule has 1 saturated carbocycles. The van der Waals surface area contributed by atoms with Gasteiger partial charge in [-0.25, -0.2) is 8.78 Å². The molecule has 1 N–H and O–H groups in total. The number of amides is 1. The summed E-state index contributed by atoms with van der Waals surface area (Å²) in [5.41, 5.74) is 3.49. The standard InChI is InChI=1S/C28H38F2N6O/c1-28(29,30)13-10-22-18-23-12-15-35(16-17-36(23)32-22)14-11-20-6-8-21(9-7-20)31-27(37)24-4-3-5-26-25(24)19-34(2)33-26/h3-5,18-21H,6-17H2,1-2H3,(H,31,37). The van der Waals surface area contributed by atoms with E-state index in [4.69, 9.17) is 0 Å². The van der Waals surface area contributed by atoms with Gasteiger partial charge in [-0.2, -0.15) is 10.2 Å². The molecular formula is C28H38F2N6O. The van der Waals surface area contributed by atoms with Gasteiger partial charge in [0.05, 0.1) is 23.3 Å². The van der Waals surface area contributed by atoms with Crippen LogP contribution in [0, 0.1) is 5.92 Å². The molecule has 2 aromatic heterocycles. The SMILES string of the molecule is Cn1cc2c(C(=O)NC3CCC(CCN4CCc5cc(CCC(C)(F)F)nn5CC4)CC3)cccc2n1. The van der Waals surface area contributed by atoms with Gasteiger partial charge >= 0.3 is 0 Å². The summed E-state index contributed by atoms with van der Waals surface area (Å²) in [7, 11) is 1.87. The van der Waals surface area contributed by atoms with E-state index in [0.717, 1.165) is 87.5 Å². The molecule has 9 heteroatoms. The number of halogens is 2. The molecule has 37 heavy (non-hydrogen) atoms. The number of benzene rings is 1. The van der Waals surface area contributed by atoms with Gasteiger partial charge in [0.25, 0.3) is 5.91 Å². The molecule has 1 aromatic carbocycles. The second-order valence-electron chi connectivity index (χ2n) is 11.0. The Morgan fingerprint density at radius 2 is 1.95 bits per heavy atom. The lowest BCUT2D eigenvalue weighted by Gasteiger charge is -2.30. The van der Waals surface area contributed by atoms with E-state index in [1.54, 1.807) is 4.68 Å². The zero-order chi connectivity index (χ0) is 26.0. The van der Waals surface area contributed by atoms with E-state index in [9.17, 15) is 13.6 Å². The molecule has 0 saturated heterocycles. The normalized spacial score (nSPS) is 21.1. The molecule has 5 rings (SSSR count). The van der Waals surface area contributed by atoms with Crippen molar-refractivity contribution in [1.82, 2.24) is 29.8 Å². The Morgan fingerprint density at radius 1 is 1.14 bits per heavy atom. The first-order valence-electron chi connectivity index (χ1n) is 13.6. The van der Waals surface area contributed by atoms with Crippen LogP contribution >= 0.6 is 0 Å². The number of nitrogens with zero attached hydrogens (tertiary/aromatic N) is 5. The lowest BCUT2D eigenvalue weighted by atomic mass is 9.84. The van der Waals surface area contributed by atoms with Gasteiger partial charge in [0.15, 0.2) is 0 Å². The summed E-state index contributed by atoms with van der Waals surface area (Å²) in [4.78, 5) is 15.5. The molecule has 1 aliphatic heterocycles. The monoisotopic (exact) mass is 512 g/mol. The number of hydrogen-bond acceptors (Lipinski definition) is 4. The van der Waals surface area contributed by atoms with Crippen LogP contribution in [-0.2, 0) is 26.4 Å². The third-order valence-electron chi connectivity index (χ3n) is 7.99. The van der Waals surface area contributed by atoms with Crippen molar-refractivity contribution in [2.45, 2.75) is 76.8 Å². The van der Waals surface area contributed by atoms with Crippen LogP contribution in [0.1, 0.15) is 67.2 Å². The first-order chi connectivity index (χ1) is 17.7. The number of carbonyl (C=O) groups excluding carboxylic acids is 1. The van der Waals surface area contributed by atoms with Crippen molar-refractivity contribution in [3.63, 3.8) is 0 Å². The quantitative estimate of drug-likeness (QED) is 0.479. The van der Waals surface area contributed by atoms with Crippen molar-refractivity contribution >= 4 is 16.8 Å². The Kier molecular flexibility index (Phi) is 7.60. The second-order valence-corrected chi connectivity index (χ2v) is 11.0. The summed E-state index contributed by atoms with van der Waals surface area (Å²) in [6.07, 6.45) is 8.50. The summed E-state index contributed by atoms with van der Waals surface area (Å²) < 4.78 is 30.1. The minimum atomic E-state index is -2.64. The van der Waals surface area contributed by atoms with Crippen molar-refractivity contribution in [2.24, 2.45) is 13.0 Å². The Balaban J connectivity index is 1.04. The van der Waals surface area contributed by atoms with Crippen LogP contribution in [-0.4, -0.2) is 62.0 Å². The highest BCUT2D eigenvalue weighted by Crippen LogP contribution is 2.28. The van der Waals surface area contributed by atoms with Crippen LogP contribution in [0.4, 0.5) is 8.78 Å². The molecule has 0 radical (unpaired) electrons. The Labute approximate surface area is 217 Å². The maximum atomic E-state index is 13.2. The third kappa shape index (κ3) is 6.55. The van der Waals surface area contributed by atoms with E-state index in [0.29, 0.717) is 17.9 Å². The smallest absolute Gasteiger partial charge is 0.252 e.